The van der Waals surface area contributed by atoms with Gasteiger partial charge in [-0.1, -0.05) is 36.4 Å². The SMILES string of the molecule is C=CCNC(=NCc1cnn(Cc2ccccc2)c1)NCC. The highest BCUT2D eigenvalue weighted by molar-refractivity contribution is 5.79. The van der Waals surface area contributed by atoms with Crippen LogP contribution >= 0.6 is 0 Å². The van der Waals surface area contributed by atoms with Crippen molar-refractivity contribution in [3.8, 4) is 0 Å². The molecule has 0 saturated heterocycles. The number of rotatable bonds is 7. The minimum Gasteiger partial charge on any atom is -0.357 e. The molecule has 1 aromatic carbocycles. The van der Waals surface area contributed by atoms with E-state index in [1.807, 2.05) is 48.3 Å². The lowest BCUT2D eigenvalue weighted by molar-refractivity contribution is 0.686. The van der Waals surface area contributed by atoms with Crippen LogP contribution in [0.1, 0.15) is 18.1 Å². The van der Waals surface area contributed by atoms with Crippen LogP contribution in [0.3, 0.4) is 0 Å². The molecule has 0 spiro atoms. The van der Waals surface area contributed by atoms with Gasteiger partial charge in [-0.15, -0.1) is 6.58 Å². The standard InChI is InChI=1S/C17H23N5/c1-3-10-19-17(18-4-2)20-11-16-12-21-22(14-16)13-15-8-6-5-7-9-15/h3,5-9,12,14H,1,4,10-11,13H2,2H3,(H2,18,19,20). The van der Waals surface area contributed by atoms with Gasteiger partial charge < -0.3 is 10.6 Å². The molecule has 0 fully saturated rings. The van der Waals surface area contributed by atoms with Gasteiger partial charge in [-0.25, -0.2) is 4.99 Å². The smallest absolute Gasteiger partial charge is 0.191 e. The molecule has 5 heteroatoms. The Hall–Kier alpha value is -2.56. The van der Waals surface area contributed by atoms with E-state index in [0.717, 1.165) is 24.6 Å². The lowest BCUT2D eigenvalue weighted by atomic mass is 10.2. The number of guanidine groups is 1. The first-order valence-corrected chi connectivity index (χ1v) is 7.50. The molecular weight excluding hydrogens is 274 g/mol. The molecule has 0 bridgehead atoms. The van der Waals surface area contributed by atoms with Gasteiger partial charge in [0.05, 0.1) is 19.3 Å². The predicted octanol–water partition coefficient (Wildman–Crippen LogP) is 2.17. The second-order valence-electron chi connectivity index (χ2n) is 4.90. The monoisotopic (exact) mass is 297 g/mol. The van der Waals surface area contributed by atoms with E-state index in [-0.39, 0.29) is 0 Å². The third kappa shape index (κ3) is 5.09. The van der Waals surface area contributed by atoms with E-state index >= 15 is 0 Å². The first kappa shape index (κ1) is 15.8. The fourth-order valence-electron chi connectivity index (χ4n) is 2.03. The molecule has 0 aliphatic rings. The van der Waals surface area contributed by atoms with E-state index in [0.29, 0.717) is 13.1 Å². The molecule has 116 valence electrons. The Balaban J connectivity index is 1.94. The van der Waals surface area contributed by atoms with Crippen LogP contribution in [-0.4, -0.2) is 28.8 Å². The first-order valence-electron chi connectivity index (χ1n) is 7.50. The highest BCUT2D eigenvalue weighted by atomic mass is 15.3. The van der Waals surface area contributed by atoms with Gasteiger partial charge in [0, 0.05) is 24.8 Å². The van der Waals surface area contributed by atoms with Crippen molar-refractivity contribution in [1.82, 2.24) is 20.4 Å². The summed E-state index contributed by atoms with van der Waals surface area (Å²) >= 11 is 0. The maximum absolute atomic E-state index is 4.53. The van der Waals surface area contributed by atoms with Crippen LogP contribution in [0.25, 0.3) is 0 Å². The number of nitrogens with one attached hydrogen (secondary N) is 2. The van der Waals surface area contributed by atoms with Gasteiger partial charge in [-0.05, 0) is 12.5 Å². The van der Waals surface area contributed by atoms with Crippen molar-refractivity contribution in [3.05, 3.63) is 66.5 Å². The maximum Gasteiger partial charge on any atom is 0.191 e. The molecule has 2 N–H and O–H groups in total. The van der Waals surface area contributed by atoms with Gasteiger partial charge in [0.15, 0.2) is 5.96 Å². The number of nitrogens with zero attached hydrogens (tertiary/aromatic N) is 3. The number of aliphatic imine (C=N–C) groups is 1. The first-order chi connectivity index (χ1) is 10.8. The average molecular weight is 297 g/mol. The van der Waals surface area contributed by atoms with Crippen molar-refractivity contribution >= 4 is 5.96 Å². The predicted molar refractivity (Wildman–Crippen MR) is 90.8 cm³/mol. The number of hydrogen-bond donors (Lipinski definition) is 2. The quantitative estimate of drug-likeness (QED) is 0.468. The molecule has 0 aliphatic carbocycles. The van der Waals surface area contributed by atoms with Crippen LogP contribution in [0.4, 0.5) is 0 Å². The zero-order valence-corrected chi connectivity index (χ0v) is 13.0. The average Bonchev–Trinajstić information content (AvgIpc) is 2.98. The molecule has 0 atom stereocenters. The summed E-state index contributed by atoms with van der Waals surface area (Å²) in [5, 5.41) is 10.8. The van der Waals surface area contributed by atoms with Crippen LogP contribution in [0.5, 0.6) is 0 Å². The maximum atomic E-state index is 4.53. The lowest BCUT2D eigenvalue weighted by Crippen LogP contribution is -2.37. The van der Waals surface area contributed by atoms with E-state index in [4.69, 9.17) is 0 Å². The Morgan fingerprint density at radius 1 is 1.27 bits per heavy atom. The molecule has 1 heterocycles. The summed E-state index contributed by atoms with van der Waals surface area (Å²) in [5.74, 6) is 0.790. The van der Waals surface area contributed by atoms with Gasteiger partial charge in [0.2, 0.25) is 0 Å². The number of hydrogen-bond acceptors (Lipinski definition) is 2. The van der Waals surface area contributed by atoms with Crippen LogP contribution in [0, 0.1) is 0 Å². The molecule has 2 aromatic rings. The third-order valence-corrected chi connectivity index (χ3v) is 3.05. The van der Waals surface area contributed by atoms with Gasteiger partial charge >= 0.3 is 0 Å². The molecule has 0 radical (unpaired) electrons. The highest BCUT2D eigenvalue weighted by Gasteiger charge is 2.00. The zero-order chi connectivity index (χ0) is 15.6. The zero-order valence-electron chi connectivity index (χ0n) is 13.0. The van der Waals surface area contributed by atoms with Crippen LogP contribution in [0.15, 0.2) is 60.4 Å². The Kier molecular flexibility index (Phi) is 6.23. The normalized spacial score (nSPS) is 11.2. The Morgan fingerprint density at radius 3 is 2.82 bits per heavy atom. The molecule has 5 nitrogen and oxygen atoms in total. The second-order valence-corrected chi connectivity index (χ2v) is 4.90. The molecule has 0 aliphatic heterocycles. The van der Waals surface area contributed by atoms with Gasteiger partial charge in [0.1, 0.15) is 0 Å². The van der Waals surface area contributed by atoms with Crippen molar-refractivity contribution < 1.29 is 0 Å². The minimum atomic E-state index is 0.598. The molecule has 0 amide bonds. The topological polar surface area (TPSA) is 54.2 Å². The largest absolute Gasteiger partial charge is 0.357 e. The van der Waals surface area contributed by atoms with Crippen LogP contribution < -0.4 is 10.6 Å². The van der Waals surface area contributed by atoms with E-state index in [2.05, 4.69) is 39.4 Å². The molecule has 1 aromatic heterocycles. The minimum absolute atomic E-state index is 0.598. The number of aromatic nitrogens is 2. The van der Waals surface area contributed by atoms with E-state index < -0.39 is 0 Å². The van der Waals surface area contributed by atoms with Crippen molar-refractivity contribution in [3.63, 3.8) is 0 Å². The molecule has 0 unspecified atom stereocenters. The summed E-state index contributed by atoms with van der Waals surface area (Å²) in [4.78, 5) is 4.53. The number of benzene rings is 1. The lowest BCUT2D eigenvalue weighted by Gasteiger charge is -2.08. The van der Waals surface area contributed by atoms with Crippen LogP contribution in [-0.2, 0) is 13.1 Å². The Morgan fingerprint density at radius 2 is 2.09 bits per heavy atom. The van der Waals surface area contributed by atoms with Gasteiger partial charge in [0.25, 0.3) is 0 Å². The highest BCUT2D eigenvalue weighted by Crippen LogP contribution is 2.04. The second kappa shape index (κ2) is 8.67. The van der Waals surface area contributed by atoms with Crippen molar-refractivity contribution in [1.29, 1.82) is 0 Å². The summed E-state index contributed by atoms with van der Waals surface area (Å²) in [6.07, 6.45) is 5.71. The molecule has 2 rings (SSSR count). The third-order valence-electron chi connectivity index (χ3n) is 3.05. The summed E-state index contributed by atoms with van der Waals surface area (Å²) in [6.45, 7) is 8.64. The van der Waals surface area contributed by atoms with E-state index in [1.165, 1.54) is 5.56 Å². The van der Waals surface area contributed by atoms with Crippen molar-refractivity contribution in [2.45, 2.75) is 20.0 Å². The Labute approximate surface area is 131 Å². The summed E-state index contributed by atoms with van der Waals surface area (Å²) in [5.41, 5.74) is 2.33. The van der Waals surface area contributed by atoms with Gasteiger partial charge in [-0.2, -0.15) is 5.10 Å². The fourth-order valence-corrected chi connectivity index (χ4v) is 2.03. The molecule has 22 heavy (non-hydrogen) atoms. The van der Waals surface area contributed by atoms with E-state index in [9.17, 15) is 0 Å². The van der Waals surface area contributed by atoms with Crippen molar-refractivity contribution in [2.75, 3.05) is 13.1 Å². The molecule has 0 saturated carbocycles. The summed E-state index contributed by atoms with van der Waals surface area (Å²) < 4.78 is 1.93. The Bertz CT molecular complexity index is 601. The summed E-state index contributed by atoms with van der Waals surface area (Å²) in [6, 6.07) is 10.3. The van der Waals surface area contributed by atoms with Crippen LogP contribution in [0.2, 0.25) is 0 Å². The van der Waals surface area contributed by atoms with Crippen molar-refractivity contribution in [2.24, 2.45) is 4.99 Å². The summed E-state index contributed by atoms with van der Waals surface area (Å²) in [7, 11) is 0. The van der Waals surface area contributed by atoms with E-state index in [1.54, 1.807) is 0 Å². The fraction of sp³-hybridized carbons (Fsp3) is 0.294. The molecular formula is C17H23N5. The van der Waals surface area contributed by atoms with Gasteiger partial charge in [-0.3, -0.25) is 4.68 Å².